The van der Waals surface area contributed by atoms with Crippen molar-refractivity contribution < 1.29 is 0 Å². The van der Waals surface area contributed by atoms with Crippen LogP contribution in [0.3, 0.4) is 0 Å². The molecule has 1 heterocycles. The maximum Gasteiger partial charge on any atom is 0.00770 e. The monoisotopic (exact) mass is 154 g/mol. The minimum absolute atomic E-state index is 0.696. The Morgan fingerprint density at radius 1 is 1.50 bits per heavy atom. The first-order valence-corrected chi connectivity index (χ1v) is 4.70. The molecule has 0 aromatic carbocycles. The molecule has 0 amide bonds. The van der Waals surface area contributed by atoms with E-state index in [9.17, 15) is 0 Å². The molecule has 0 fully saturated rings. The molecule has 0 aliphatic rings. The molecule has 1 aromatic rings. The van der Waals surface area contributed by atoms with Crippen molar-refractivity contribution in [3.05, 3.63) is 21.9 Å². The summed E-state index contributed by atoms with van der Waals surface area (Å²) in [6.07, 6.45) is 1.19. The summed E-state index contributed by atoms with van der Waals surface area (Å²) >= 11 is 1.88. The molecule has 10 heavy (non-hydrogen) atoms. The van der Waals surface area contributed by atoms with Gasteiger partial charge in [-0.3, -0.25) is 0 Å². The lowest BCUT2D eigenvalue weighted by molar-refractivity contribution is 0.855. The highest BCUT2D eigenvalue weighted by atomic mass is 32.1. The van der Waals surface area contributed by atoms with Crippen LogP contribution in [-0.2, 0) is 6.42 Å². The average Bonchev–Trinajstić information content (AvgIpc) is 2.33. The fourth-order valence-electron chi connectivity index (χ4n) is 1.15. The molecule has 0 spiro atoms. The summed E-state index contributed by atoms with van der Waals surface area (Å²) in [5.41, 5.74) is 1.53. The minimum Gasteiger partial charge on any atom is -0.149 e. The Kier molecular flexibility index (Phi) is 2.50. The van der Waals surface area contributed by atoms with Crippen LogP contribution in [-0.4, -0.2) is 0 Å². The first-order chi connectivity index (χ1) is 4.75. The number of rotatable bonds is 2. The van der Waals surface area contributed by atoms with E-state index in [-0.39, 0.29) is 0 Å². The van der Waals surface area contributed by atoms with Crippen LogP contribution in [0, 0.1) is 0 Å². The molecule has 0 bridgehead atoms. The number of hydrogen-bond acceptors (Lipinski definition) is 1. The lowest BCUT2D eigenvalue weighted by atomic mass is 10.0. The van der Waals surface area contributed by atoms with Gasteiger partial charge in [0.1, 0.15) is 0 Å². The second-order valence-corrected chi connectivity index (χ2v) is 3.81. The van der Waals surface area contributed by atoms with E-state index in [2.05, 4.69) is 32.2 Å². The third-order valence-electron chi connectivity index (χ3n) is 1.72. The number of aryl methyl sites for hydroxylation is 1. The van der Waals surface area contributed by atoms with Crippen molar-refractivity contribution in [1.29, 1.82) is 0 Å². The Balaban J connectivity index is 2.90. The molecule has 1 aromatic heterocycles. The second-order valence-electron chi connectivity index (χ2n) is 2.81. The normalized spacial score (nSPS) is 10.8. The average molecular weight is 154 g/mol. The van der Waals surface area contributed by atoms with Gasteiger partial charge in [-0.1, -0.05) is 20.8 Å². The molecule has 0 N–H and O–H groups in total. The molecule has 56 valence electrons. The first-order valence-electron chi connectivity index (χ1n) is 3.82. The van der Waals surface area contributed by atoms with Gasteiger partial charge in [0.05, 0.1) is 0 Å². The van der Waals surface area contributed by atoms with Crippen LogP contribution in [0.2, 0.25) is 0 Å². The topological polar surface area (TPSA) is 0 Å². The number of hydrogen-bond donors (Lipinski definition) is 0. The van der Waals surface area contributed by atoms with Crippen molar-refractivity contribution in [2.45, 2.75) is 33.1 Å². The molecule has 0 nitrogen and oxygen atoms in total. The predicted octanol–water partition coefficient (Wildman–Crippen LogP) is 3.43. The van der Waals surface area contributed by atoms with Crippen LogP contribution in [0.4, 0.5) is 0 Å². The minimum atomic E-state index is 0.696. The van der Waals surface area contributed by atoms with Crippen LogP contribution in [0.5, 0.6) is 0 Å². The van der Waals surface area contributed by atoms with Crippen molar-refractivity contribution in [1.82, 2.24) is 0 Å². The summed E-state index contributed by atoms with van der Waals surface area (Å²) in [5, 5.41) is 2.19. The van der Waals surface area contributed by atoms with Gasteiger partial charge < -0.3 is 0 Å². The molecule has 0 atom stereocenters. The van der Waals surface area contributed by atoms with Gasteiger partial charge in [0.15, 0.2) is 0 Å². The summed E-state index contributed by atoms with van der Waals surface area (Å²) in [6.45, 7) is 6.72. The summed E-state index contributed by atoms with van der Waals surface area (Å²) in [4.78, 5) is 1.55. The van der Waals surface area contributed by atoms with Crippen molar-refractivity contribution >= 4 is 11.3 Å². The maximum atomic E-state index is 2.25. The lowest BCUT2D eigenvalue weighted by Crippen LogP contribution is -1.87. The lowest BCUT2D eigenvalue weighted by Gasteiger charge is -2.03. The van der Waals surface area contributed by atoms with Gasteiger partial charge in [-0.05, 0) is 29.3 Å². The van der Waals surface area contributed by atoms with E-state index in [0.717, 1.165) is 0 Å². The molecule has 0 saturated heterocycles. The Morgan fingerprint density at radius 3 is 2.60 bits per heavy atom. The maximum absolute atomic E-state index is 2.25. The predicted molar refractivity (Wildman–Crippen MR) is 47.8 cm³/mol. The molecule has 0 aliphatic heterocycles. The Hall–Kier alpha value is -0.300. The van der Waals surface area contributed by atoms with Gasteiger partial charge in [-0.15, -0.1) is 11.3 Å². The van der Waals surface area contributed by atoms with Crippen LogP contribution in [0.1, 0.15) is 37.1 Å². The quantitative estimate of drug-likeness (QED) is 0.612. The van der Waals surface area contributed by atoms with Crippen LogP contribution < -0.4 is 0 Å². The van der Waals surface area contributed by atoms with Crippen LogP contribution in [0.25, 0.3) is 0 Å². The third kappa shape index (κ3) is 1.40. The number of thiophene rings is 1. The van der Waals surface area contributed by atoms with E-state index in [1.165, 1.54) is 12.0 Å². The van der Waals surface area contributed by atoms with Gasteiger partial charge >= 0.3 is 0 Å². The summed E-state index contributed by atoms with van der Waals surface area (Å²) < 4.78 is 0. The smallest absolute Gasteiger partial charge is 0.00770 e. The molecule has 0 radical (unpaired) electrons. The second kappa shape index (κ2) is 3.20. The van der Waals surface area contributed by atoms with Gasteiger partial charge in [-0.2, -0.15) is 0 Å². The Bertz CT molecular complexity index is 198. The van der Waals surface area contributed by atoms with E-state index in [0.29, 0.717) is 5.92 Å². The van der Waals surface area contributed by atoms with Crippen molar-refractivity contribution in [2.75, 3.05) is 0 Å². The standard InChI is InChI=1S/C9H14S/c1-4-9-8(7(2)3)5-6-10-9/h5-7H,4H2,1-3H3. The molecule has 0 saturated carbocycles. The fourth-order valence-corrected chi connectivity index (χ4v) is 2.14. The summed E-state index contributed by atoms with van der Waals surface area (Å²) in [5.74, 6) is 0.696. The Labute approximate surface area is 66.9 Å². The Morgan fingerprint density at radius 2 is 2.20 bits per heavy atom. The van der Waals surface area contributed by atoms with E-state index < -0.39 is 0 Å². The van der Waals surface area contributed by atoms with Crippen LogP contribution >= 0.6 is 11.3 Å². The third-order valence-corrected chi connectivity index (χ3v) is 2.80. The first kappa shape index (κ1) is 7.80. The highest BCUT2D eigenvalue weighted by Crippen LogP contribution is 2.24. The van der Waals surface area contributed by atoms with E-state index >= 15 is 0 Å². The van der Waals surface area contributed by atoms with E-state index in [1.807, 2.05) is 11.3 Å². The summed E-state index contributed by atoms with van der Waals surface area (Å²) in [7, 11) is 0. The van der Waals surface area contributed by atoms with Gasteiger partial charge in [0.2, 0.25) is 0 Å². The zero-order valence-electron chi connectivity index (χ0n) is 6.85. The zero-order valence-corrected chi connectivity index (χ0v) is 7.66. The van der Waals surface area contributed by atoms with Crippen molar-refractivity contribution in [2.24, 2.45) is 0 Å². The highest BCUT2D eigenvalue weighted by molar-refractivity contribution is 7.10. The molecule has 0 aliphatic carbocycles. The van der Waals surface area contributed by atoms with Crippen molar-refractivity contribution in [3.8, 4) is 0 Å². The molecule has 0 unspecified atom stereocenters. The highest BCUT2D eigenvalue weighted by Gasteiger charge is 2.04. The molecule has 1 heteroatoms. The molecule has 1 rings (SSSR count). The van der Waals surface area contributed by atoms with Gasteiger partial charge in [-0.25, -0.2) is 0 Å². The summed E-state index contributed by atoms with van der Waals surface area (Å²) in [6, 6.07) is 2.24. The van der Waals surface area contributed by atoms with Crippen LogP contribution in [0.15, 0.2) is 11.4 Å². The van der Waals surface area contributed by atoms with E-state index in [4.69, 9.17) is 0 Å². The van der Waals surface area contributed by atoms with Crippen molar-refractivity contribution in [3.63, 3.8) is 0 Å². The van der Waals surface area contributed by atoms with E-state index in [1.54, 1.807) is 4.88 Å². The SMILES string of the molecule is CCc1sccc1C(C)C. The van der Waals surface area contributed by atoms with Gasteiger partial charge in [0, 0.05) is 4.88 Å². The molecular formula is C9H14S. The molecular weight excluding hydrogens is 140 g/mol. The largest absolute Gasteiger partial charge is 0.149 e. The van der Waals surface area contributed by atoms with Gasteiger partial charge in [0.25, 0.3) is 0 Å². The fraction of sp³-hybridized carbons (Fsp3) is 0.556. The zero-order chi connectivity index (χ0) is 7.56.